The molecule has 2 amide bonds. The van der Waals surface area contributed by atoms with E-state index in [0.717, 1.165) is 24.0 Å². The Morgan fingerprint density at radius 1 is 1.00 bits per heavy atom. The van der Waals surface area contributed by atoms with E-state index in [9.17, 15) is 9.59 Å². The van der Waals surface area contributed by atoms with Gasteiger partial charge >= 0.3 is 0 Å². The molecule has 172 valence electrons. The second-order valence-electron chi connectivity index (χ2n) is 9.09. The number of fused-ring (bicyclic) bond motifs is 1. The number of hydrogen-bond acceptors (Lipinski definition) is 4. The Morgan fingerprint density at radius 3 is 2.44 bits per heavy atom. The van der Waals surface area contributed by atoms with E-state index in [1.807, 2.05) is 49.7 Å². The van der Waals surface area contributed by atoms with Crippen LogP contribution in [0.4, 0.5) is 5.69 Å². The van der Waals surface area contributed by atoms with Crippen molar-refractivity contribution in [1.29, 1.82) is 0 Å². The van der Waals surface area contributed by atoms with E-state index < -0.39 is 0 Å². The predicted molar refractivity (Wildman–Crippen MR) is 133 cm³/mol. The average Bonchev–Trinajstić information content (AvgIpc) is 3.53. The van der Waals surface area contributed by atoms with Gasteiger partial charge in [0.15, 0.2) is 5.65 Å². The lowest BCUT2D eigenvalue weighted by atomic mass is 10.0. The van der Waals surface area contributed by atoms with E-state index in [-0.39, 0.29) is 23.9 Å². The first kappa shape index (κ1) is 21.8. The van der Waals surface area contributed by atoms with Crippen LogP contribution in [-0.2, 0) is 0 Å². The van der Waals surface area contributed by atoms with Gasteiger partial charge in [0.25, 0.3) is 11.8 Å². The largest absolute Gasteiger partial charge is 0.349 e. The molecule has 2 heterocycles. The van der Waals surface area contributed by atoms with Crippen molar-refractivity contribution in [2.75, 3.05) is 5.32 Å². The molecule has 0 atom stereocenters. The smallest absolute Gasteiger partial charge is 0.256 e. The molecule has 1 fully saturated rings. The first-order valence-corrected chi connectivity index (χ1v) is 11.6. The molecule has 2 aromatic heterocycles. The molecule has 0 bridgehead atoms. The quantitative estimate of drug-likeness (QED) is 0.423. The van der Waals surface area contributed by atoms with Crippen molar-refractivity contribution in [1.82, 2.24) is 20.1 Å². The summed E-state index contributed by atoms with van der Waals surface area (Å²) in [4.78, 5) is 31.1. The van der Waals surface area contributed by atoms with Crippen LogP contribution in [0.25, 0.3) is 22.3 Å². The fraction of sp³-hybridized carbons (Fsp3) is 0.259. The van der Waals surface area contributed by atoms with Crippen LogP contribution in [0, 0.1) is 6.92 Å². The van der Waals surface area contributed by atoms with Crippen LogP contribution in [-0.4, -0.2) is 32.6 Å². The van der Waals surface area contributed by atoms with Crippen molar-refractivity contribution in [3.05, 3.63) is 77.5 Å². The van der Waals surface area contributed by atoms with Gasteiger partial charge in [-0.05, 0) is 51.8 Å². The normalized spacial score (nSPS) is 13.3. The fourth-order valence-corrected chi connectivity index (χ4v) is 3.93. The number of carbonyl (C=O) groups excluding carboxylic acids is 2. The second kappa shape index (κ2) is 8.74. The third-order valence-corrected chi connectivity index (χ3v) is 5.98. The number of carbonyl (C=O) groups is 2. The van der Waals surface area contributed by atoms with Gasteiger partial charge in [-0.15, -0.1) is 0 Å². The lowest BCUT2D eigenvalue weighted by molar-refractivity contribution is 0.0952. The maximum atomic E-state index is 13.5. The second-order valence-corrected chi connectivity index (χ2v) is 9.09. The summed E-state index contributed by atoms with van der Waals surface area (Å²) in [5.41, 5.74) is 4.80. The number of nitrogens with one attached hydrogen (secondary N) is 2. The molecule has 5 rings (SSSR count). The molecule has 34 heavy (non-hydrogen) atoms. The summed E-state index contributed by atoms with van der Waals surface area (Å²) < 4.78 is 1.82. The zero-order chi connectivity index (χ0) is 23.8. The molecule has 0 unspecified atom stereocenters. The third-order valence-electron chi connectivity index (χ3n) is 5.98. The summed E-state index contributed by atoms with van der Waals surface area (Å²) in [6, 6.07) is 17.2. The minimum absolute atomic E-state index is 0.0843. The molecule has 1 aliphatic rings. The summed E-state index contributed by atoms with van der Waals surface area (Å²) >= 11 is 0. The first-order chi connectivity index (χ1) is 16.4. The van der Waals surface area contributed by atoms with Crippen molar-refractivity contribution in [3.8, 4) is 11.3 Å². The van der Waals surface area contributed by atoms with Crippen LogP contribution in [0.1, 0.15) is 59.0 Å². The van der Waals surface area contributed by atoms with E-state index >= 15 is 0 Å². The molecule has 0 radical (unpaired) electrons. The average molecular weight is 454 g/mol. The van der Waals surface area contributed by atoms with E-state index in [1.165, 1.54) is 0 Å². The van der Waals surface area contributed by atoms with Crippen LogP contribution in [0.5, 0.6) is 0 Å². The van der Waals surface area contributed by atoms with Gasteiger partial charge < -0.3 is 10.6 Å². The number of pyridine rings is 1. The fourth-order valence-electron chi connectivity index (χ4n) is 3.93. The number of nitrogens with zero attached hydrogens (tertiary/aromatic N) is 3. The van der Waals surface area contributed by atoms with Crippen LogP contribution >= 0.6 is 0 Å². The molecule has 0 spiro atoms. The highest BCUT2D eigenvalue weighted by atomic mass is 16.2. The highest BCUT2D eigenvalue weighted by Gasteiger charge is 2.25. The van der Waals surface area contributed by atoms with Crippen LogP contribution < -0.4 is 10.6 Å². The molecule has 2 aromatic carbocycles. The van der Waals surface area contributed by atoms with Gasteiger partial charge in [-0.25, -0.2) is 9.67 Å². The van der Waals surface area contributed by atoms with Gasteiger partial charge in [-0.2, -0.15) is 5.10 Å². The molecule has 4 aromatic rings. The number of aryl methyl sites for hydroxylation is 1. The molecule has 7 heteroatoms. The van der Waals surface area contributed by atoms with Crippen LogP contribution in [0.15, 0.2) is 60.8 Å². The summed E-state index contributed by atoms with van der Waals surface area (Å²) in [6.07, 6.45) is 3.68. The number of anilines is 1. The SMILES string of the molecule is Cc1ccc(-c2cc(C(=O)Nc3ccccc3C(=O)NC3CC3)c3cnn(C(C)C)c3n2)cc1. The number of amides is 2. The highest BCUT2D eigenvalue weighted by molar-refractivity contribution is 6.14. The number of rotatable bonds is 6. The van der Waals surface area contributed by atoms with E-state index in [1.54, 1.807) is 36.5 Å². The van der Waals surface area contributed by atoms with E-state index in [2.05, 4.69) is 15.7 Å². The Morgan fingerprint density at radius 2 is 1.74 bits per heavy atom. The summed E-state index contributed by atoms with van der Waals surface area (Å²) in [5, 5.41) is 11.1. The number of aromatic nitrogens is 3. The molecule has 0 saturated heterocycles. The Bertz CT molecular complexity index is 1380. The molecular weight excluding hydrogens is 426 g/mol. The molecule has 1 saturated carbocycles. The first-order valence-electron chi connectivity index (χ1n) is 11.6. The Labute approximate surface area is 198 Å². The molecular formula is C27H27N5O2. The van der Waals surface area contributed by atoms with Gasteiger partial charge in [0, 0.05) is 17.6 Å². The Hall–Kier alpha value is -4.00. The molecule has 0 aliphatic heterocycles. The summed E-state index contributed by atoms with van der Waals surface area (Å²) in [7, 11) is 0. The van der Waals surface area contributed by atoms with E-state index in [4.69, 9.17) is 4.98 Å². The zero-order valence-electron chi connectivity index (χ0n) is 19.5. The number of hydrogen-bond donors (Lipinski definition) is 2. The van der Waals surface area contributed by atoms with Crippen molar-refractivity contribution < 1.29 is 9.59 Å². The molecule has 1 aliphatic carbocycles. The van der Waals surface area contributed by atoms with Gasteiger partial charge in [-0.1, -0.05) is 42.0 Å². The maximum Gasteiger partial charge on any atom is 0.256 e. The standard InChI is InChI=1S/C27H27N5O2/c1-16(2)32-25-22(15-28-32)21(14-24(30-25)18-10-8-17(3)9-11-18)27(34)31-23-7-5-4-6-20(23)26(33)29-19-12-13-19/h4-11,14-16,19H,12-13H2,1-3H3,(H,29,33)(H,31,34). The lowest BCUT2D eigenvalue weighted by Gasteiger charge is -2.13. The van der Waals surface area contributed by atoms with Crippen molar-refractivity contribution in [2.45, 2.75) is 45.7 Å². The van der Waals surface area contributed by atoms with Crippen LogP contribution in [0.3, 0.4) is 0 Å². The van der Waals surface area contributed by atoms with Gasteiger partial charge in [0.2, 0.25) is 0 Å². The van der Waals surface area contributed by atoms with Crippen molar-refractivity contribution in [3.63, 3.8) is 0 Å². The number of para-hydroxylation sites is 1. The van der Waals surface area contributed by atoms with Gasteiger partial charge in [-0.3, -0.25) is 9.59 Å². The minimum atomic E-state index is -0.310. The Balaban J connectivity index is 1.56. The van der Waals surface area contributed by atoms with Crippen molar-refractivity contribution in [2.24, 2.45) is 0 Å². The maximum absolute atomic E-state index is 13.5. The van der Waals surface area contributed by atoms with Crippen molar-refractivity contribution >= 4 is 28.5 Å². The predicted octanol–water partition coefficient (Wildman–Crippen LogP) is 5.13. The summed E-state index contributed by atoms with van der Waals surface area (Å²) in [6.45, 7) is 6.09. The monoisotopic (exact) mass is 453 g/mol. The van der Waals surface area contributed by atoms with E-state index in [0.29, 0.717) is 33.5 Å². The zero-order valence-corrected chi connectivity index (χ0v) is 19.5. The lowest BCUT2D eigenvalue weighted by Crippen LogP contribution is -2.27. The van der Waals surface area contributed by atoms with Gasteiger partial charge in [0.1, 0.15) is 0 Å². The topological polar surface area (TPSA) is 88.9 Å². The number of benzene rings is 2. The van der Waals surface area contributed by atoms with Crippen LogP contribution in [0.2, 0.25) is 0 Å². The highest BCUT2D eigenvalue weighted by Crippen LogP contribution is 2.28. The Kier molecular flexibility index (Phi) is 5.61. The molecule has 2 N–H and O–H groups in total. The minimum Gasteiger partial charge on any atom is -0.349 e. The van der Waals surface area contributed by atoms with Gasteiger partial charge in [0.05, 0.1) is 34.1 Å². The third kappa shape index (κ3) is 4.29. The summed E-state index contributed by atoms with van der Waals surface area (Å²) in [5.74, 6) is -0.484. The molecule has 7 nitrogen and oxygen atoms in total.